The van der Waals surface area contributed by atoms with E-state index in [2.05, 4.69) is 0 Å². The number of amides is 2. The Morgan fingerprint density at radius 2 is 2.08 bits per heavy atom. The van der Waals surface area contributed by atoms with Crippen LogP contribution >= 0.6 is 11.6 Å². The van der Waals surface area contributed by atoms with E-state index in [9.17, 15) is 14.4 Å². The highest BCUT2D eigenvalue weighted by Crippen LogP contribution is 2.34. The zero-order valence-electron chi connectivity index (χ0n) is 13.5. The molecule has 5 nitrogen and oxygen atoms in total. The Morgan fingerprint density at radius 1 is 1.33 bits per heavy atom. The van der Waals surface area contributed by atoms with Gasteiger partial charge in [0.1, 0.15) is 0 Å². The molecule has 0 N–H and O–H groups in total. The Balaban J connectivity index is 1.98. The molecule has 0 fully saturated rings. The maximum atomic E-state index is 12.6. The lowest BCUT2D eigenvalue weighted by Crippen LogP contribution is -2.46. The van der Waals surface area contributed by atoms with Crippen LogP contribution in [0.1, 0.15) is 43.5 Å². The molecule has 6 heteroatoms. The van der Waals surface area contributed by atoms with Crippen LogP contribution in [0.25, 0.3) is 0 Å². The summed E-state index contributed by atoms with van der Waals surface area (Å²) >= 11 is 6.08. The fourth-order valence-electron chi connectivity index (χ4n) is 3.04. The number of benzene rings is 1. The molecular formula is C18H18ClNO4. The maximum absolute atomic E-state index is 12.6. The van der Waals surface area contributed by atoms with Gasteiger partial charge in [0.2, 0.25) is 5.91 Å². The average Bonchev–Trinajstić information content (AvgIpc) is 2.54. The molecule has 3 rings (SSSR count). The second-order valence-corrected chi connectivity index (χ2v) is 6.69. The van der Waals surface area contributed by atoms with E-state index in [4.69, 9.17) is 16.3 Å². The molecule has 1 aliphatic carbocycles. The van der Waals surface area contributed by atoms with Crippen LogP contribution in [0.4, 0.5) is 5.69 Å². The SMILES string of the molecule is CC(C)OC(=O)c1cc(N2C(=O)C3=CC(CCC3)C2=O)ccc1Cl. The fraction of sp³-hybridized carbons (Fsp3) is 0.389. The van der Waals surface area contributed by atoms with E-state index in [0.29, 0.717) is 17.7 Å². The molecule has 1 unspecified atom stereocenters. The summed E-state index contributed by atoms with van der Waals surface area (Å²) < 4.78 is 5.16. The molecule has 2 bridgehead atoms. The number of imide groups is 1. The van der Waals surface area contributed by atoms with Gasteiger partial charge in [0.25, 0.3) is 5.91 Å². The topological polar surface area (TPSA) is 63.7 Å². The van der Waals surface area contributed by atoms with Gasteiger partial charge in [0, 0.05) is 5.57 Å². The minimum atomic E-state index is -0.576. The first kappa shape index (κ1) is 16.7. The van der Waals surface area contributed by atoms with Gasteiger partial charge in [-0.25, -0.2) is 9.69 Å². The molecule has 0 spiro atoms. The maximum Gasteiger partial charge on any atom is 0.339 e. The number of fused-ring (bicyclic) bond motifs is 1. The van der Waals surface area contributed by atoms with Crippen molar-refractivity contribution in [1.29, 1.82) is 0 Å². The number of hydrogen-bond donors (Lipinski definition) is 0. The molecule has 1 aromatic rings. The lowest BCUT2D eigenvalue weighted by atomic mass is 9.85. The molecule has 0 aromatic heterocycles. The van der Waals surface area contributed by atoms with Gasteiger partial charge in [-0.05, 0) is 51.3 Å². The van der Waals surface area contributed by atoms with E-state index in [0.717, 1.165) is 17.7 Å². The van der Waals surface area contributed by atoms with Crippen molar-refractivity contribution >= 4 is 35.1 Å². The van der Waals surface area contributed by atoms with Gasteiger partial charge in [-0.3, -0.25) is 9.59 Å². The van der Waals surface area contributed by atoms with Gasteiger partial charge in [0.05, 0.1) is 28.3 Å². The van der Waals surface area contributed by atoms with Gasteiger partial charge in [-0.2, -0.15) is 0 Å². The molecule has 24 heavy (non-hydrogen) atoms. The van der Waals surface area contributed by atoms with Crippen LogP contribution in [0.15, 0.2) is 29.8 Å². The second kappa shape index (κ2) is 6.40. The quantitative estimate of drug-likeness (QED) is 0.620. The number of rotatable bonds is 3. The molecule has 1 aromatic carbocycles. The molecule has 0 saturated carbocycles. The van der Waals surface area contributed by atoms with Crippen LogP contribution in [0.3, 0.4) is 0 Å². The van der Waals surface area contributed by atoms with Crippen molar-refractivity contribution in [2.45, 2.75) is 39.2 Å². The van der Waals surface area contributed by atoms with Gasteiger partial charge in [0.15, 0.2) is 0 Å². The highest BCUT2D eigenvalue weighted by Gasteiger charge is 2.38. The minimum Gasteiger partial charge on any atom is -0.459 e. The van der Waals surface area contributed by atoms with E-state index < -0.39 is 5.97 Å². The van der Waals surface area contributed by atoms with E-state index in [1.807, 2.05) is 0 Å². The fourth-order valence-corrected chi connectivity index (χ4v) is 3.23. The predicted octanol–water partition coefficient (Wildman–Crippen LogP) is 3.50. The van der Waals surface area contributed by atoms with E-state index in [-0.39, 0.29) is 34.4 Å². The Morgan fingerprint density at radius 3 is 2.79 bits per heavy atom. The van der Waals surface area contributed by atoms with Gasteiger partial charge in [-0.1, -0.05) is 17.7 Å². The number of carbonyl (C=O) groups is 3. The number of halogens is 1. The molecule has 1 atom stereocenters. The predicted molar refractivity (Wildman–Crippen MR) is 89.9 cm³/mol. The first-order valence-electron chi connectivity index (χ1n) is 7.98. The summed E-state index contributed by atoms with van der Waals surface area (Å²) in [6.45, 7) is 3.47. The number of esters is 1. The van der Waals surface area contributed by atoms with E-state index >= 15 is 0 Å². The summed E-state index contributed by atoms with van der Waals surface area (Å²) in [6.07, 6.45) is 3.74. The van der Waals surface area contributed by atoms with Crippen molar-refractivity contribution in [3.05, 3.63) is 40.4 Å². The van der Waals surface area contributed by atoms with Crippen LogP contribution in [-0.2, 0) is 14.3 Å². The molecule has 2 aliphatic rings. The number of ether oxygens (including phenoxy) is 1. The van der Waals surface area contributed by atoms with Gasteiger partial charge in [-0.15, -0.1) is 0 Å². The van der Waals surface area contributed by atoms with Gasteiger partial charge < -0.3 is 4.74 Å². The molecule has 126 valence electrons. The highest BCUT2D eigenvalue weighted by atomic mass is 35.5. The summed E-state index contributed by atoms with van der Waals surface area (Å²) in [5, 5.41) is 0.223. The van der Waals surface area contributed by atoms with Crippen molar-refractivity contribution in [2.75, 3.05) is 4.90 Å². The third-order valence-corrected chi connectivity index (χ3v) is 4.48. The summed E-state index contributed by atoms with van der Waals surface area (Å²) in [6, 6.07) is 4.53. The Kier molecular flexibility index (Phi) is 4.45. The summed E-state index contributed by atoms with van der Waals surface area (Å²) in [5.74, 6) is -1.42. The van der Waals surface area contributed by atoms with Crippen molar-refractivity contribution in [1.82, 2.24) is 0 Å². The Bertz CT molecular complexity index is 753. The zero-order chi connectivity index (χ0) is 17.4. The largest absolute Gasteiger partial charge is 0.459 e. The third-order valence-electron chi connectivity index (χ3n) is 4.15. The van der Waals surface area contributed by atoms with E-state index in [1.54, 1.807) is 26.0 Å². The standard InChI is InChI=1S/C18H18ClNO4/c1-10(2)24-18(23)14-9-13(6-7-15(14)19)20-16(21)11-4-3-5-12(8-11)17(20)22/h6-11H,3-5H2,1-2H3. The highest BCUT2D eigenvalue weighted by molar-refractivity contribution is 6.34. The molecule has 1 aliphatic heterocycles. The summed E-state index contributed by atoms with van der Waals surface area (Å²) in [7, 11) is 0. The Labute approximate surface area is 145 Å². The molecule has 0 saturated heterocycles. The molecule has 2 amide bonds. The minimum absolute atomic E-state index is 0.146. The average molecular weight is 348 g/mol. The summed E-state index contributed by atoms with van der Waals surface area (Å²) in [5.41, 5.74) is 1.16. The molecule has 0 radical (unpaired) electrons. The monoisotopic (exact) mass is 347 g/mol. The Hall–Kier alpha value is -2.14. The number of hydrogen-bond acceptors (Lipinski definition) is 4. The lowest BCUT2D eigenvalue weighted by Gasteiger charge is -2.33. The molecule has 1 heterocycles. The van der Waals surface area contributed by atoms with Crippen molar-refractivity contribution in [3.63, 3.8) is 0 Å². The van der Waals surface area contributed by atoms with Crippen molar-refractivity contribution in [2.24, 2.45) is 5.92 Å². The van der Waals surface area contributed by atoms with Crippen molar-refractivity contribution in [3.8, 4) is 0 Å². The second-order valence-electron chi connectivity index (χ2n) is 6.29. The first-order valence-corrected chi connectivity index (χ1v) is 8.36. The smallest absolute Gasteiger partial charge is 0.339 e. The van der Waals surface area contributed by atoms with Crippen LogP contribution in [0.5, 0.6) is 0 Å². The number of carbonyl (C=O) groups excluding carboxylic acids is 3. The van der Waals surface area contributed by atoms with Crippen molar-refractivity contribution < 1.29 is 19.1 Å². The summed E-state index contributed by atoms with van der Waals surface area (Å²) in [4.78, 5) is 38.5. The van der Waals surface area contributed by atoms with E-state index in [1.165, 1.54) is 12.1 Å². The zero-order valence-corrected chi connectivity index (χ0v) is 14.3. The lowest BCUT2D eigenvalue weighted by molar-refractivity contribution is -0.128. The number of anilines is 1. The number of nitrogens with zero attached hydrogens (tertiary/aromatic N) is 1. The van der Waals surface area contributed by atoms with Crippen LogP contribution in [0.2, 0.25) is 5.02 Å². The third kappa shape index (κ3) is 2.96. The van der Waals surface area contributed by atoms with Crippen LogP contribution in [0, 0.1) is 5.92 Å². The van der Waals surface area contributed by atoms with Gasteiger partial charge >= 0.3 is 5.97 Å². The van der Waals surface area contributed by atoms with Crippen LogP contribution < -0.4 is 4.90 Å². The molecular weight excluding hydrogens is 330 g/mol. The van der Waals surface area contributed by atoms with Crippen LogP contribution in [-0.4, -0.2) is 23.9 Å². The first-order chi connectivity index (χ1) is 11.4. The normalized spacial score (nSPS) is 20.2.